The van der Waals surface area contributed by atoms with Crippen LogP contribution in [0, 0.1) is 0 Å². The average molecular weight is 292 g/mol. The molecule has 110 valence electrons. The minimum atomic E-state index is -0.571. The summed E-state index contributed by atoms with van der Waals surface area (Å²) < 4.78 is 2.16. The van der Waals surface area contributed by atoms with Crippen LogP contribution in [0.1, 0.15) is 11.1 Å². The summed E-state index contributed by atoms with van der Waals surface area (Å²) in [4.78, 5) is 15.4. The fourth-order valence-electron chi connectivity index (χ4n) is 2.53. The Kier molecular flexibility index (Phi) is 4.03. The topological polar surface area (TPSA) is 57.2 Å². The maximum atomic E-state index is 11.2. The Bertz CT molecular complexity index is 819. The molecule has 22 heavy (non-hydrogen) atoms. The second-order valence-electron chi connectivity index (χ2n) is 4.98. The Labute approximate surface area is 128 Å². The van der Waals surface area contributed by atoms with Crippen molar-refractivity contribution >= 4 is 22.9 Å². The van der Waals surface area contributed by atoms with Gasteiger partial charge in [-0.25, -0.2) is 4.79 Å². The Hall–Kier alpha value is -2.85. The summed E-state index contributed by atoms with van der Waals surface area (Å²) >= 11 is 0. The molecule has 0 aliphatic rings. The van der Waals surface area contributed by atoms with Crippen molar-refractivity contribution in [2.45, 2.75) is 6.54 Å². The molecule has 1 aromatic heterocycles. The van der Waals surface area contributed by atoms with Gasteiger partial charge in [0.2, 0.25) is 0 Å². The summed E-state index contributed by atoms with van der Waals surface area (Å²) in [5, 5.41) is 1.12. The van der Waals surface area contributed by atoms with Gasteiger partial charge in [-0.3, -0.25) is 0 Å². The maximum absolute atomic E-state index is 11.2. The number of nitrogens with zero attached hydrogens (tertiary/aromatic N) is 1. The minimum absolute atomic E-state index is 0.571. The third kappa shape index (κ3) is 2.92. The predicted molar refractivity (Wildman–Crippen MR) is 86.8 cm³/mol. The van der Waals surface area contributed by atoms with Gasteiger partial charge in [0, 0.05) is 24.2 Å². The molecule has 1 heterocycles. The van der Waals surface area contributed by atoms with E-state index in [4.69, 9.17) is 5.90 Å². The maximum Gasteiger partial charge on any atom is 0.349 e. The Morgan fingerprint density at radius 1 is 1.09 bits per heavy atom. The van der Waals surface area contributed by atoms with Crippen molar-refractivity contribution < 1.29 is 9.63 Å². The minimum Gasteiger partial charge on any atom is -0.370 e. The van der Waals surface area contributed by atoms with Crippen molar-refractivity contribution in [2.75, 3.05) is 0 Å². The quantitative estimate of drug-likeness (QED) is 0.594. The van der Waals surface area contributed by atoms with Crippen LogP contribution in [0.4, 0.5) is 0 Å². The van der Waals surface area contributed by atoms with Crippen molar-refractivity contribution in [3.05, 3.63) is 78.0 Å². The van der Waals surface area contributed by atoms with Crippen LogP contribution in [-0.2, 0) is 16.2 Å². The first-order valence-corrected chi connectivity index (χ1v) is 6.98. The number of rotatable bonds is 4. The summed E-state index contributed by atoms with van der Waals surface area (Å²) in [6.45, 7) is 0.774. The second-order valence-corrected chi connectivity index (χ2v) is 4.98. The average Bonchev–Trinajstić information content (AvgIpc) is 2.97. The van der Waals surface area contributed by atoms with Crippen molar-refractivity contribution in [1.82, 2.24) is 4.57 Å². The lowest BCUT2D eigenvalue weighted by atomic mass is 10.1. The van der Waals surface area contributed by atoms with E-state index in [2.05, 4.69) is 39.9 Å². The molecule has 2 N–H and O–H groups in total. The van der Waals surface area contributed by atoms with E-state index in [1.165, 1.54) is 11.6 Å². The van der Waals surface area contributed by atoms with Crippen molar-refractivity contribution in [3.8, 4) is 0 Å². The molecule has 3 aromatic rings. The number of aromatic nitrogens is 1. The Morgan fingerprint density at radius 2 is 1.91 bits per heavy atom. The molecule has 0 amide bonds. The highest BCUT2D eigenvalue weighted by atomic mass is 16.7. The van der Waals surface area contributed by atoms with Gasteiger partial charge in [-0.05, 0) is 23.3 Å². The fourth-order valence-corrected chi connectivity index (χ4v) is 2.53. The van der Waals surface area contributed by atoms with Crippen LogP contribution in [0.25, 0.3) is 17.0 Å². The van der Waals surface area contributed by atoms with Crippen LogP contribution in [0.15, 0.2) is 66.9 Å². The van der Waals surface area contributed by atoms with E-state index in [0.717, 1.165) is 23.0 Å². The molecule has 0 unspecified atom stereocenters. The van der Waals surface area contributed by atoms with Crippen LogP contribution in [0.3, 0.4) is 0 Å². The van der Waals surface area contributed by atoms with Gasteiger partial charge in [0.05, 0.1) is 5.52 Å². The summed E-state index contributed by atoms with van der Waals surface area (Å²) in [6, 6.07) is 18.3. The van der Waals surface area contributed by atoms with E-state index in [1.807, 2.05) is 30.3 Å². The number of para-hydroxylation sites is 1. The molecule has 0 atom stereocenters. The van der Waals surface area contributed by atoms with E-state index >= 15 is 0 Å². The number of hydrogen-bond acceptors (Lipinski definition) is 3. The normalized spacial score (nSPS) is 11.1. The number of nitrogens with two attached hydrogens (primary N) is 1. The zero-order valence-electron chi connectivity index (χ0n) is 12.0. The number of fused-ring (bicyclic) bond motifs is 1. The number of carbonyl (C=O) groups excluding carboxylic acids is 1. The first kappa shape index (κ1) is 14.1. The van der Waals surface area contributed by atoms with E-state index in [-0.39, 0.29) is 0 Å². The van der Waals surface area contributed by atoms with Gasteiger partial charge in [0.1, 0.15) is 0 Å². The molecule has 0 spiro atoms. The van der Waals surface area contributed by atoms with Gasteiger partial charge in [-0.1, -0.05) is 48.5 Å². The Morgan fingerprint density at radius 3 is 2.68 bits per heavy atom. The molecule has 0 saturated heterocycles. The molecule has 4 heteroatoms. The highest BCUT2D eigenvalue weighted by molar-refractivity contribution is 5.93. The first-order valence-electron chi connectivity index (χ1n) is 6.98. The predicted octanol–water partition coefficient (Wildman–Crippen LogP) is 3.12. The van der Waals surface area contributed by atoms with Gasteiger partial charge in [-0.15, -0.1) is 0 Å². The van der Waals surface area contributed by atoms with E-state index in [1.54, 1.807) is 6.08 Å². The van der Waals surface area contributed by atoms with Gasteiger partial charge < -0.3 is 9.40 Å². The number of hydrogen-bond donors (Lipinski definition) is 1. The smallest absolute Gasteiger partial charge is 0.349 e. The lowest BCUT2D eigenvalue weighted by Crippen LogP contribution is -2.05. The van der Waals surface area contributed by atoms with Gasteiger partial charge >= 0.3 is 5.97 Å². The van der Waals surface area contributed by atoms with Gasteiger partial charge in [0.25, 0.3) is 0 Å². The largest absolute Gasteiger partial charge is 0.370 e. The zero-order valence-corrected chi connectivity index (χ0v) is 12.0. The molecule has 0 fully saturated rings. The highest BCUT2D eigenvalue weighted by Crippen LogP contribution is 2.22. The molecule has 0 aliphatic heterocycles. The van der Waals surface area contributed by atoms with Crippen molar-refractivity contribution in [1.29, 1.82) is 0 Å². The van der Waals surface area contributed by atoms with Crippen LogP contribution in [-0.4, -0.2) is 10.5 Å². The molecular formula is C18H16N2O2. The molecule has 4 nitrogen and oxygen atoms in total. The molecule has 0 bridgehead atoms. The SMILES string of the molecule is NOC(=O)/C=C/c1cccc2ccn(Cc3ccccc3)c12. The lowest BCUT2D eigenvalue weighted by Gasteiger charge is -2.08. The van der Waals surface area contributed by atoms with E-state index in [9.17, 15) is 4.79 Å². The van der Waals surface area contributed by atoms with Crippen LogP contribution >= 0.6 is 0 Å². The van der Waals surface area contributed by atoms with Crippen molar-refractivity contribution in [3.63, 3.8) is 0 Å². The molecular weight excluding hydrogens is 276 g/mol. The second kappa shape index (κ2) is 6.28. The summed E-state index contributed by atoms with van der Waals surface area (Å²) in [5.41, 5.74) is 3.25. The van der Waals surface area contributed by atoms with Gasteiger partial charge in [-0.2, -0.15) is 5.90 Å². The first-order chi connectivity index (χ1) is 10.8. The van der Waals surface area contributed by atoms with Crippen LogP contribution in [0.2, 0.25) is 0 Å². The lowest BCUT2D eigenvalue weighted by molar-refractivity contribution is -0.138. The third-order valence-corrected chi connectivity index (χ3v) is 3.53. The van der Waals surface area contributed by atoms with E-state index < -0.39 is 5.97 Å². The molecule has 0 aliphatic carbocycles. The fraction of sp³-hybridized carbons (Fsp3) is 0.0556. The monoisotopic (exact) mass is 292 g/mol. The van der Waals surface area contributed by atoms with Crippen LogP contribution < -0.4 is 5.90 Å². The summed E-state index contributed by atoms with van der Waals surface area (Å²) in [5.74, 6) is 4.28. The molecule has 0 saturated carbocycles. The van der Waals surface area contributed by atoms with Gasteiger partial charge in [0.15, 0.2) is 0 Å². The third-order valence-electron chi connectivity index (χ3n) is 3.53. The summed E-state index contributed by atoms with van der Waals surface area (Å²) in [7, 11) is 0. The van der Waals surface area contributed by atoms with Crippen molar-refractivity contribution in [2.24, 2.45) is 5.90 Å². The molecule has 3 rings (SSSR count). The standard InChI is InChI=1S/C18H16N2O2/c19-22-17(21)10-9-15-7-4-8-16-11-12-20(18(15)16)13-14-5-2-1-3-6-14/h1-12H,13,19H2/b10-9+. The molecule has 0 radical (unpaired) electrons. The molecule has 2 aromatic carbocycles. The number of carbonyl (C=O) groups is 1. The summed E-state index contributed by atoms with van der Waals surface area (Å²) in [6.07, 6.45) is 5.10. The Balaban J connectivity index is 2.01. The zero-order chi connectivity index (χ0) is 15.4. The van der Waals surface area contributed by atoms with E-state index in [0.29, 0.717) is 0 Å². The number of benzene rings is 2. The highest BCUT2D eigenvalue weighted by Gasteiger charge is 2.06. The van der Waals surface area contributed by atoms with Crippen LogP contribution in [0.5, 0.6) is 0 Å².